The van der Waals surface area contributed by atoms with E-state index in [9.17, 15) is 9.90 Å². The standard InChI is InChI=1S/C35H52O3/c1-7-33(4,38-31(36)25-11-9-8-10-12-25)19-17-24(2)28-15-16-29-27-14-13-26-23-32(3,37)21-22-34(26,5)30(27)18-20-35(28,29)6/h7-12,24,26-30,37H,1,13-23H2,2-6H3/t24-,26+,27?,28-,29?,30?,32+,33-,34+,35-/m1/s1. The molecule has 5 rings (SSSR count). The molecule has 0 bridgehead atoms. The third kappa shape index (κ3) is 4.91. The molecule has 3 unspecified atom stereocenters. The fraction of sp³-hybridized carbons (Fsp3) is 0.743. The van der Waals surface area contributed by atoms with Crippen LogP contribution < -0.4 is 0 Å². The molecule has 4 saturated carbocycles. The topological polar surface area (TPSA) is 46.5 Å². The maximum absolute atomic E-state index is 12.8. The second kappa shape index (κ2) is 10.1. The first-order valence-corrected chi connectivity index (χ1v) is 15.6. The van der Waals surface area contributed by atoms with Crippen molar-refractivity contribution in [2.24, 2.45) is 46.3 Å². The average molecular weight is 521 g/mol. The number of ether oxygens (including phenoxy) is 1. The summed E-state index contributed by atoms with van der Waals surface area (Å²) in [5.41, 5.74) is 0.345. The zero-order chi connectivity index (χ0) is 27.3. The second-order valence-electron chi connectivity index (χ2n) is 14.9. The molecule has 1 N–H and O–H groups in total. The predicted octanol–water partition coefficient (Wildman–Crippen LogP) is 8.61. The van der Waals surface area contributed by atoms with Crippen LogP contribution in [0.3, 0.4) is 0 Å². The third-order valence-electron chi connectivity index (χ3n) is 12.6. The van der Waals surface area contributed by atoms with Gasteiger partial charge in [-0.3, -0.25) is 0 Å². The van der Waals surface area contributed by atoms with Crippen molar-refractivity contribution in [1.29, 1.82) is 0 Å². The van der Waals surface area contributed by atoms with Crippen molar-refractivity contribution in [3.8, 4) is 0 Å². The first-order chi connectivity index (χ1) is 17.9. The fourth-order valence-electron chi connectivity index (χ4n) is 10.2. The lowest BCUT2D eigenvalue weighted by molar-refractivity contribution is -0.148. The summed E-state index contributed by atoms with van der Waals surface area (Å²) < 4.78 is 5.99. The Bertz CT molecular complexity index is 1020. The maximum Gasteiger partial charge on any atom is 0.338 e. The summed E-state index contributed by atoms with van der Waals surface area (Å²) in [7, 11) is 0. The van der Waals surface area contributed by atoms with Crippen LogP contribution >= 0.6 is 0 Å². The summed E-state index contributed by atoms with van der Waals surface area (Å²) in [5, 5.41) is 10.8. The van der Waals surface area contributed by atoms with Crippen LogP contribution in [0.1, 0.15) is 116 Å². The molecule has 38 heavy (non-hydrogen) atoms. The highest BCUT2D eigenvalue weighted by Crippen LogP contribution is 2.69. The summed E-state index contributed by atoms with van der Waals surface area (Å²) in [4.78, 5) is 12.8. The highest BCUT2D eigenvalue weighted by Gasteiger charge is 2.61. The Morgan fingerprint density at radius 3 is 2.47 bits per heavy atom. The molecule has 10 atom stereocenters. The SMILES string of the molecule is C=C[C@](C)(CC[C@@H](C)[C@H]1CCC2C3CC[C@H]4C[C@@](C)(O)CC[C@]4(C)C3CC[C@@]21C)OC(=O)c1ccccc1. The van der Waals surface area contributed by atoms with E-state index in [1.54, 1.807) is 0 Å². The van der Waals surface area contributed by atoms with Crippen LogP contribution in [0.5, 0.6) is 0 Å². The highest BCUT2D eigenvalue weighted by molar-refractivity contribution is 5.89. The Hall–Kier alpha value is -1.61. The highest BCUT2D eigenvalue weighted by atomic mass is 16.6. The molecule has 4 aliphatic rings. The van der Waals surface area contributed by atoms with E-state index in [0.717, 1.165) is 49.4 Å². The van der Waals surface area contributed by atoms with E-state index in [4.69, 9.17) is 4.74 Å². The Labute approximate surface area is 231 Å². The molecule has 1 aromatic carbocycles. The van der Waals surface area contributed by atoms with Gasteiger partial charge in [-0.1, -0.05) is 45.5 Å². The van der Waals surface area contributed by atoms with Crippen LogP contribution in [0.25, 0.3) is 0 Å². The van der Waals surface area contributed by atoms with E-state index in [1.807, 2.05) is 43.3 Å². The lowest BCUT2D eigenvalue weighted by atomic mass is 9.43. The van der Waals surface area contributed by atoms with Crippen molar-refractivity contribution in [3.05, 3.63) is 48.6 Å². The van der Waals surface area contributed by atoms with E-state index in [-0.39, 0.29) is 5.97 Å². The van der Waals surface area contributed by atoms with Gasteiger partial charge in [0.2, 0.25) is 0 Å². The van der Waals surface area contributed by atoms with Crippen LogP contribution in [0.4, 0.5) is 0 Å². The van der Waals surface area contributed by atoms with Crippen molar-refractivity contribution < 1.29 is 14.6 Å². The molecule has 0 saturated heterocycles. The van der Waals surface area contributed by atoms with Gasteiger partial charge in [0, 0.05) is 0 Å². The minimum absolute atomic E-state index is 0.264. The number of esters is 1. The van der Waals surface area contributed by atoms with Crippen LogP contribution in [0.2, 0.25) is 0 Å². The van der Waals surface area contributed by atoms with E-state index >= 15 is 0 Å². The molecule has 0 radical (unpaired) electrons. The van der Waals surface area contributed by atoms with Gasteiger partial charge in [0.1, 0.15) is 5.60 Å². The van der Waals surface area contributed by atoms with Gasteiger partial charge >= 0.3 is 5.97 Å². The normalized spacial score (nSPS) is 42.6. The van der Waals surface area contributed by atoms with Crippen molar-refractivity contribution in [2.45, 2.75) is 116 Å². The van der Waals surface area contributed by atoms with Gasteiger partial charge in [0.25, 0.3) is 0 Å². The molecule has 3 nitrogen and oxygen atoms in total. The van der Waals surface area contributed by atoms with E-state index < -0.39 is 11.2 Å². The number of hydrogen-bond donors (Lipinski definition) is 1. The van der Waals surface area contributed by atoms with Gasteiger partial charge in [-0.15, -0.1) is 0 Å². The number of carbonyl (C=O) groups excluding carboxylic acids is 1. The lowest BCUT2D eigenvalue weighted by Crippen LogP contribution is -2.55. The van der Waals surface area contributed by atoms with E-state index in [1.165, 1.54) is 44.9 Å². The molecule has 4 aliphatic carbocycles. The van der Waals surface area contributed by atoms with Crippen molar-refractivity contribution in [3.63, 3.8) is 0 Å². The quantitative estimate of drug-likeness (QED) is 0.289. The van der Waals surface area contributed by atoms with Crippen LogP contribution in [0.15, 0.2) is 43.0 Å². The smallest absolute Gasteiger partial charge is 0.338 e. The fourth-order valence-corrected chi connectivity index (χ4v) is 10.2. The first kappa shape index (κ1) is 27.9. The largest absolute Gasteiger partial charge is 0.452 e. The average Bonchev–Trinajstić information content (AvgIpc) is 3.25. The van der Waals surface area contributed by atoms with Gasteiger partial charge in [-0.05, 0) is 149 Å². The molecular weight excluding hydrogens is 468 g/mol. The molecule has 0 aliphatic heterocycles. The number of rotatable bonds is 7. The Morgan fingerprint density at radius 1 is 1.05 bits per heavy atom. The Kier molecular flexibility index (Phi) is 7.42. The van der Waals surface area contributed by atoms with Crippen molar-refractivity contribution in [2.75, 3.05) is 0 Å². The van der Waals surface area contributed by atoms with Crippen LogP contribution in [-0.4, -0.2) is 22.3 Å². The summed E-state index contributed by atoms with van der Waals surface area (Å²) >= 11 is 0. The third-order valence-corrected chi connectivity index (χ3v) is 12.6. The minimum atomic E-state index is -0.646. The molecule has 0 amide bonds. The first-order valence-electron chi connectivity index (χ1n) is 15.6. The molecule has 4 fully saturated rings. The number of aliphatic hydroxyl groups is 1. The maximum atomic E-state index is 12.8. The zero-order valence-corrected chi connectivity index (χ0v) is 24.7. The summed E-state index contributed by atoms with van der Waals surface area (Å²) in [5.74, 6) is 4.32. The van der Waals surface area contributed by atoms with Crippen LogP contribution in [0, 0.1) is 46.3 Å². The summed E-state index contributed by atoms with van der Waals surface area (Å²) in [6, 6.07) is 9.29. The molecule has 0 spiro atoms. The summed E-state index contributed by atoms with van der Waals surface area (Å²) in [6.45, 7) is 15.8. The molecular formula is C35H52O3. The summed E-state index contributed by atoms with van der Waals surface area (Å²) in [6.07, 6.45) is 15.0. The number of hydrogen-bond acceptors (Lipinski definition) is 3. The number of fused-ring (bicyclic) bond motifs is 5. The number of benzene rings is 1. The van der Waals surface area contributed by atoms with Crippen molar-refractivity contribution >= 4 is 5.97 Å². The van der Waals surface area contributed by atoms with Gasteiger partial charge < -0.3 is 9.84 Å². The van der Waals surface area contributed by atoms with Gasteiger partial charge in [0.15, 0.2) is 0 Å². The molecule has 0 heterocycles. The van der Waals surface area contributed by atoms with Crippen LogP contribution in [-0.2, 0) is 4.74 Å². The Morgan fingerprint density at radius 2 is 1.76 bits per heavy atom. The monoisotopic (exact) mass is 520 g/mol. The lowest BCUT2D eigenvalue weighted by Gasteiger charge is -2.62. The zero-order valence-electron chi connectivity index (χ0n) is 24.7. The predicted molar refractivity (Wildman–Crippen MR) is 155 cm³/mol. The van der Waals surface area contributed by atoms with Gasteiger partial charge in [-0.25, -0.2) is 4.79 Å². The number of carbonyl (C=O) groups is 1. The molecule has 210 valence electrons. The molecule has 3 heteroatoms. The minimum Gasteiger partial charge on any atom is -0.452 e. The molecule has 1 aromatic rings. The van der Waals surface area contributed by atoms with Crippen molar-refractivity contribution in [1.82, 2.24) is 0 Å². The Balaban J connectivity index is 1.23. The van der Waals surface area contributed by atoms with Gasteiger partial charge in [0.05, 0.1) is 11.2 Å². The molecule has 0 aromatic heterocycles. The van der Waals surface area contributed by atoms with E-state index in [0.29, 0.717) is 28.2 Å². The van der Waals surface area contributed by atoms with E-state index in [2.05, 4.69) is 34.3 Å². The second-order valence-corrected chi connectivity index (χ2v) is 14.9. The van der Waals surface area contributed by atoms with Gasteiger partial charge in [-0.2, -0.15) is 0 Å².